The highest BCUT2D eigenvalue weighted by atomic mass is 32.2. The van der Waals surface area contributed by atoms with E-state index in [2.05, 4.69) is 0 Å². The summed E-state index contributed by atoms with van der Waals surface area (Å²) in [4.78, 5) is 0.844. The highest BCUT2D eigenvalue weighted by molar-refractivity contribution is 7.99. The van der Waals surface area contributed by atoms with Crippen LogP contribution in [0.5, 0.6) is 5.75 Å². The predicted octanol–water partition coefficient (Wildman–Crippen LogP) is 2.45. The summed E-state index contributed by atoms with van der Waals surface area (Å²) in [5.41, 5.74) is -1.46. The van der Waals surface area contributed by atoms with Crippen molar-refractivity contribution in [1.82, 2.24) is 0 Å². The van der Waals surface area contributed by atoms with Crippen LogP contribution in [0.3, 0.4) is 0 Å². The maximum atomic E-state index is 7.83. The van der Waals surface area contributed by atoms with E-state index in [1.807, 2.05) is 24.3 Å². The van der Waals surface area contributed by atoms with Gasteiger partial charge in [0, 0.05) is 20.5 Å². The molecule has 1 aromatic rings. The normalized spacial score (nSPS) is 13.1. The second-order valence-electron chi connectivity index (χ2n) is 2.97. The van der Waals surface area contributed by atoms with Crippen molar-refractivity contribution < 1.29 is 17.0 Å². The van der Waals surface area contributed by atoms with Gasteiger partial charge in [-0.05, 0) is 24.3 Å². The fourth-order valence-electron chi connectivity index (χ4n) is 1.01. The molecule has 0 N–H and O–H groups in total. The number of hydrogen-bond acceptors (Lipinski definition) is 4. The summed E-state index contributed by atoms with van der Waals surface area (Å²) in [5.74, 6) is 0.760. The van der Waals surface area contributed by atoms with E-state index in [1.165, 1.54) is 0 Å². The summed E-state index contributed by atoms with van der Waals surface area (Å²) in [7, 11) is 3.19. The third-order valence-electron chi connectivity index (χ3n) is 1.84. The zero-order valence-electron chi connectivity index (χ0n) is 11.6. The van der Waals surface area contributed by atoms with Gasteiger partial charge < -0.3 is 14.2 Å². The zero-order valence-corrected chi connectivity index (χ0v) is 10.4. The quantitative estimate of drug-likeness (QED) is 0.518. The minimum Gasteiger partial charge on any atom is -0.497 e. The molecule has 90 valence electrons. The Hall–Kier alpha value is -0.710. The van der Waals surface area contributed by atoms with E-state index >= 15 is 0 Å². The van der Waals surface area contributed by atoms with E-state index in [0.717, 1.165) is 22.4 Å². The Labute approximate surface area is 104 Å². The summed E-state index contributed by atoms with van der Waals surface area (Å²) in [5, 5.41) is 0. The molecule has 0 bridgehead atoms. The highest BCUT2D eigenvalue weighted by Gasteiger charge is 1.95. The van der Waals surface area contributed by atoms with Crippen molar-refractivity contribution in [2.24, 2.45) is 0 Å². The van der Waals surface area contributed by atoms with E-state index in [4.69, 9.17) is 17.0 Å². The molecule has 0 saturated heterocycles. The standard InChI is InChI=1S/C12H18O3S/c1-13-7-8-15-9-10-16-12-5-3-11(14-2)4-6-12/h3-6H,7-10H2,1-2H3/i10D2. The molecule has 0 aliphatic heterocycles. The number of hydrogen-bond donors (Lipinski definition) is 0. The predicted molar refractivity (Wildman–Crippen MR) is 66.4 cm³/mol. The van der Waals surface area contributed by atoms with Crippen molar-refractivity contribution >= 4 is 11.8 Å². The van der Waals surface area contributed by atoms with Gasteiger partial charge in [0.2, 0.25) is 0 Å². The first kappa shape index (κ1) is 10.4. The van der Waals surface area contributed by atoms with Crippen LogP contribution in [0.15, 0.2) is 29.2 Å². The fourth-order valence-corrected chi connectivity index (χ4v) is 1.59. The van der Waals surface area contributed by atoms with E-state index in [1.54, 1.807) is 14.2 Å². The Bertz CT molecular complexity index is 344. The van der Waals surface area contributed by atoms with Gasteiger partial charge in [-0.2, -0.15) is 0 Å². The van der Waals surface area contributed by atoms with E-state index in [-0.39, 0.29) is 6.61 Å². The van der Waals surface area contributed by atoms with Crippen molar-refractivity contribution in [2.45, 2.75) is 4.90 Å². The van der Waals surface area contributed by atoms with Gasteiger partial charge in [-0.25, -0.2) is 0 Å². The van der Waals surface area contributed by atoms with Crippen LogP contribution < -0.4 is 4.74 Å². The first-order valence-electron chi connectivity index (χ1n) is 5.97. The lowest BCUT2D eigenvalue weighted by atomic mass is 10.3. The number of thioether (sulfide) groups is 1. The van der Waals surface area contributed by atoms with Crippen molar-refractivity contribution in [2.75, 3.05) is 39.7 Å². The molecule has 1 rings (SSSR count). The Morgan fingerprint density at radius 1 is 1.12 bits per heavy atom. The maximum Gasteiger partial charge on any atom is 0.118 e. The summed E-state index contributed by atoms with van der Waals surface area (Å²) in [6.45, 7) is 0.912. The van der Waals surface area contributed by atoms with E-state index in [9.17, 15) is 0 Å². The monoisotopic (exact) mass is 244 g/mol. The lowest BCUT2D eigenvalue weighted by Crippen LogP contribution is -2.04. The second-order valence-corrected chi connectivity index (χ2v) is 3.93. The molecule has 0 spiro atoms. The molecule has 0 saturated carbocycles. The molecule has 0 atom stereocenters. The lowest BCUT2D eigenvalue weighted by Gasteiger charge is -2.04. The second kappa shape index (κ2) is 8.44. The van der Waals surface area contributed by atoms with E-state index < -0.39 is 5.70 Å². The summed E-state index contributed by atoms with van der Waals surface area (Å²) < 4.78 is 30.8. The molecule has 0 aliphatic rings. The van der Waals surface area contributed by atoms with E-state index in [0.29, 0.717) is 13.2 Å². The molecular formula is C12H18O3S. The van der Waals surface area contributed by atoms with Gasteiger partial charge in [-0.1, -0.05) is 0 Å². The first-order valence-corrected chi connectivity index (χ1v) is 5.79. The summed E-state index contributed by atoms with van der Waals surface area (Å²) >= 11 is 1.14. The summed E-state index contributed by atoms with van der Waals surface area (Å²) in [6.07, 6.45) is 0. The molecule has 3 nitrogen and oxygen atoms in total. The van der Waals surface area contributed by atoms with Crippen molar-refractivity contribution in [3.05, 3.63) is 24.3 Å². The third-order valence-corrected chi connectivity index (χ3v) is 2.61. The lowest BCUT2D eigenvalue weighted by molar-refractivity contribution is 0.0790. The van der Waals surface area contributed by atoms with Gasteiger partial charge in [-0.15, -0.1) is 11.8 Å². The molecule has 0 aliphatic carbocycles. The number of ether oxygens (including phenoxy) is 3. The van der Waals surface area contributed by atoms with Gasteiger partial charge in [0.1, 0.15) is 5.75 Å². The highest BCUT2D eigenvalue weighted by Crippen LogP contribution is 2.20. The van der Waals surface area contributed by atoms with Crippen molar-refractivity contribution in [3.63, 3.8) is 0 Å². The fraction of sp³-hybridized carbons (Fsp3) is 0.500. The minimum absolute atomic E-state index is 0.0348. The van der Waals surface area contributed by atoms with Crippen molar-refractivity contribution in [1.29, 1.82) is 0 Å². The van der Waals surface area contributed by atoms with Gasteiger partial charge in [-0.3, -0.25) is 0 Å². The average Bonchev–Trinajstić information content (AvgIpc) is 2.35. The smallest absolute Gasteiger partial charge is 0.118 e. The number of rotatable bonds is 8. The minimum atomic E-state index is -1.46. The van der Waals surface area contributed by atoms with Crippen LogP contribution in [0.25, 0.3) is 0 Å². The van der Waals surface area contributed by atoms with Crippen LogP contribution in [0.2, 0.25) is 0 Å². The molecule has 0 amide bonds. The first-order chi connectivity index (χ1) is 8.57. The third kappa shape index (κ3) is 5.39. The Kier molecular flexibility index (Phi) is 5.51. The molecule has 0 fully saturated rings. The van der Waals surface area contributed by atoms with Crippen LogP contribution in [0.1, 0.15) is 2.74 Å². The molecule has 4 heteroatoms. The summed E-state index contributed by atoms with van der Waals surface area (Å²) in [6, 6.07) is 7.28. The Morgan fingerprint density at radius 2 is 1.88 bits per heavy atom. The SMILES string of the molecule is [2H]C([2H])(COCCOC)Sc1ccc(OC)cc1. The van der Waals surface area contributed by atoms with Gasteiger partial charge in [0.15, 0.2) is 0 Å². The van der Waals surface area contributed by atoms with Gasteiger partial charge >= 0.3 is 0 Å². The van der Waals surface area contributed by atoms with Crippen LogP contribution in [0, 0.1) is 0 Å². The average molecular weight is 244 g/mol. The largest absolute Gasteiger partial charge is 0.497 e. The molecule has 0 unspecified atom stereocenters. The number of benzene rings is 1. The van der Waals surface area contributed by atoms with Crippen LogP contribution in [0.4, 0.5) is 0 Å². The van der Waals surface area contributed by atoms with Crippen LogP contribution >= 0.6 is 11.8 Å². The number of methoxy groups -OCH3 is 2. The Balaban J connectivity index is 2.42. The molecular weight excluding hydrogens is 224 g/mol. The topological polar surface area (TPSA) is 27.7 Å². The molecule has 0 aromatic heterocycles. The molecule has 0 heterocycles. The molecule has 0 radical (unpaired) electrons. The van der Waals surface area contributed by atoms with Crippen LogP contribution in [-0.2, 0) is 9.47 Å². The molecule has 1 aromatic carbocycles. The van der Waals surface area contributed by atoms with Gasteiger partial charge in [0.05, 0.1) is 26.9 Å². The molecule has 16 heavy (non-hydrogen) atoms. The Morgan fingerprint density at radius 3 is 2.50 bits per heavy atom. The van der Waals surface area contributed by atoms with Crippen molar-refractivity contribution in [3.8, 4) is 5.75 Å². The maximum absolute atomic E-state index is 7.83. The zero-order chi connectivity index (χ0) is 13.4. The van der Waals surface area contributed by atoms with Gasteiger partial charge in [0.25, 0.3) is 0 Å². The van der Waals surface area contributed by atoms with Crippen LogP contribution in [-0.4, -0.2) is 39.7 Å².